The molecule has 3 aromatic rings. The van der Waals surface area contributed by atoms with E-state index in [1.54, 1.807) is 35.2 Å². The molecule has 4 rings (SSSR count). The summed E-state index contributed by atoms with van der Waals surface area (Å²) in [5.74, 6) is -0.279. The number of ether oxygens (including phenoxy) is 1. The minimum atomic E-state index is -1.01. The van der Waals surface area contributed by atoms with E-state index in [2.05, 4.69) is 15.3 Å². The lowest BCUT2D eigenvalue weighted by Crippen LogP contribution is -2.40. The molecule has 2 aromatic carbocycles. The van der Waals surface area contributed by atoms with Gasteiger partial charge in [-0.25, -0.2) is 14.4 Å². The van der Waals surface area contributed by atoms with Crippen molar-refractivity contribution in [2.24, 2.45) is 0 Å². The number of amides is 1. The molecule has 1 aliphatic rings. The van der Waals surface area contributed by atoms with Crippen LogP contribution in [0.15, 0.2) is 48.8 Å². The highest BCUT2D eigenvalue weighted by molar-refractivity contribution is 6.07. The van der Waals surface area contributed by atoms with Gasteiger partial charge in [-0.1, -0.05) is 19.1 Å². The Balaban J connectivity index is 1.63. The van der Waals surface area contributed by atoms with Gasteiger partial charge in [-0.15, -0.1) is 0 Å². The molecule has 1 aliphatic heterocycles. The fourth-order valence-corrected chi connectivity index (χ4v) is 3.86. The van der Waals surface area contributed by atoms with Crippen LogP contribution in [0.25, 0.3) is 11.1 Å². The zero-order chi connectivity index (χ0) is 24.9. The number of anilines is 2. The van der Waals surface area contributed by atoms with E-state index in [1.807, 2.05) is 6.92 Å². The van der Waals surface area contributed by atoms with Crippen molar-refractivity contribution in [2.75, 3.05) is 31.6 Å². The number of morpholine rings is 1. The van der Waals surface area contributed by atoms with Gasteiger partial charge < -0.3 is 25.5 Å². The van der Waals surface area contributed by atoms with Gasteiger partial charge in [0.1, 0.15) is 5.82 Å². The average molecular weight is 478 g/mol. The lowest BCUT2D eigenvalue weighted by molar-refractivity contribution is 0.0303. The molecule has 9 heteroatoms. The molecule has 3 N–H and O–H groups in total. The van der Waals surface area contributed by atoms with Crippen LogP contribution >= 0.6 is 0 Å². The van der Waals surface area contributed by atoms with Crippen LogP contribution in [0.1, 0.15) is 35.3 Å². The van der Waals surface area contributed by atoms with Crippen molar-refractivity contribution in [3.8, 4) is 11.1 Å². The Morgan fingerprint density at radius 1 is 1.20 bits per heavy atom. The molecule has 35 heavy (non-hydrogen) atoms. The maximum Gasteiger partial charge on any atom is 0.254 e. The van der Waals surface area contributed by atoms with Crippen LogP contribution in [-0.2, 0) is 11.2 Å². The van der Waals surface area contributed by atoms with Crippen LogP contribution in [0.5, 0.6) is 0 Å². The van der Waals surface area contributed by atoms with Gasteiger partial charge in [0.2, 0.25) is 5.95 Å². The molecule has 1 amide bonds. The number of aliphatic hydroxyl groups is 1. The van der Waals surface area contributed by atoms with Gasteiger partial charge in [0, 0.05) is 47.7 Å². The molecular formula is C26H28FN5O3. The van der Waals surface area contributed by atoms with Crippen LogP contribution in [0, 0.1) is 11.2 Å². The molecular weight excluding hydrogens is 449 g/mol. The van der Waals surface area contributed by atoms with Crippen molar-refractivity contribution in [1.29, 1.82) is 5.41 Å². The van der Waals surface area contributed by atoms with Crippen molar-refractivity contribution in [1.82, 2.24) is 14.9 Å². The second-order valence-electron chi connectivity index (χ2n) is 8.34. The number of aryl methyl sites for hydroxylation is 1. The number of aliphatic hydroxyl groups excluding tert-OH is 1. The Morgan fingerprint density at radius 3 is 2.57 bits per heavy atom. The average Bonchev–Trinajstić information content (AvgIpc) is 2.89. The molecule has 1 atom stereocenters. The van der Waals surface area contributed by atoms with E-state index in [1.165, 1.54) is 25.4 Å². The summed E-state index contributed by atoms with van der Waals surface area (Å²) in [6.07, 6.45) is 2.82. The van der Waals surface area contributed by atoms with Gasteiger partial charge in [0.25, 0.3) is 5.91 Å². The Morgan fingerprint density at radius 2 is 1.91 bits per heavy atom. The van der Waals surface area contributed by atoms with Crippen molar-refractivity contribution < 1.29 is 19.0 Å². The quantitative estimate of drug-likeness (QED) is 0.446. The van der Waals surface area contributed by atoms with E-state index in [0.717, 1.165) is 12.0 Å². The molecule has 182 valence electrons. The highest BCUT2D eigenvalue weighted by Crippen LogP contribution is 2.26. The van der Waals surface area contributed by atoms with Gasteiger partial charge in [0.15, 0.2) is 0 Å². The summed E-state index contributed by atoms with van der Waals surface area (Å²) < 4.78 is 19.7. The monoisotopic (exact) mass is 477 g/mol. The molecule has 0 bridgehead atoms. The third kappa shape index (κ3) is 5.52. The number of hydrogen-bond donors (Lipinski definition) is 3. The first-order chi connectivity index (χ1) is 16.9. The first-order valence-electron chi connectivity index (χ1n) is 11.5. The zero-order valence-electron chi connectivity index (χ0n) is 19.7. The van der Waals surface area contributed by atoms with E-state index in [0.29, 0.717) is 54.2 Å². The summed E-state index contributed by atoms with van der Waals surface area (Å²) in [5, 5.41) is 21.3. The van der Waals surface area contributed by atoms with Crippen molar-refractivity contribution in [3.63, 3.8) is 0 Å². The molecule has 0 radical (unpaired) electrons. The molecule has 0 saturated carbocycles. The first kappa shape index (κ1) is 24.4. The van der Waals surface area contributed by atoms with Crippen molar-refractivity contribution in [3.05, 3.63) is 71.3 Å². The number of nitrogens with zero attached hydrogens (tertiary/aromatic N) is 3. The fraction of sp³-hybridized carbons (Fsp3) is 0.308. The second-order valence-corrected chi connectivity index (χ2v) is 8.34. The van der Waals surface area contributed by atoms with E-state index in [4.69, 9.17) is 10.1 Å². The molecule has 1 aromatic heterocycles. The molecule has 1 fully saturated rings. The predicted octanol–water partition coefficient (Wildman–Crippen LogP) is 3.81. The topological polar surface area (TPSA) is 111 Å². The van der Waals surface area contributed by atoms with Gasteiger partial charge in [-0.3, -0.25) is 4.79 Å². The van der Waals surface area contributed by atoms with Crippen LogP contribution in [0.3, 0.4) is 0 Å². The lowest BCUT2D eigenvalue weighted by atomic mass is 10.0. The van der Waals surface area contributed by atoms with Crippen LogP contribution < -0.4 is 5.32 Å². The minimum Gasteiger partial charge on any atom is -0.387 e. The third-order valence-electron chi connectivity index (χ3n) is 5.92. The van der Waals surface area contributed by atoms with Crippen LogP contribution in [-0.4, -0.2) is 64.0 Å². The summed E-state index contributed by atoms with van der Waals surface area (Å²) in [4.78, 5) is 23.3. The summed E-state index contributed by atoms with van der Waals surface area (Å²) >= 11 is 0. The Labute approximate surface area is 203 Å². The summed E-state index contributed by atoms with van der Waals surface area (Å²) in [6, 6.07) is 9.87. The number of halogens is 1. The smallest absolute Gasteiger partial charge is 0.254 e. The highest BCUT2D eigenvalue weighted by Gasteiger charge is 2.21. The van der Waals surface area contributed by atoms with E-state index in [9.17, 15) is 14.3 Å². The zero-order valence-corrected chi connectivity index (χ0v) is 19.7. The number of rotatable bonds is 7. The SMILES string of the molecule is CCc1ccc(F)c(-c2cnc(Nc3cc(C(=O)N4CCOCC4)ccc3C(=N)C(C)O)nc2)c1. The van der Waals surface area contributed by atoms with Crippen LogP contribution in [0.2, 0.25) is 0 Å². The number of carbonyl (C=O) groups excluding carboxylic acids is 1. The normalized spacial score (nSPS) is 14.5. The maximum atomic E-state index is 14.4. The predicted molar refractivity (Wildman–Crippen MR) is 132 cm³/mol. The van der Waals surface area contributed by atoms with E-state index in [-0.39, 0.29) is 23.4 Å². The molecule has 2 heterocycles. The first-order valence-corrected chi connectivity index (χ1v) is 11.5. The Bertz CT molecular complexity index is 1220. The van der Waals surface area contributed by atoms with Crippen LogP contribution in [0.4, 0.5) is 16.0 Å². The fourth-order valence-electron chi connectivity index (χ4n) is 3.86. The summed E-state index contributed by atoms with van der Waals surface area (Å²) in [5.41, 5.74) is 3.24. The molecule has 1 saturated heterocycles. The maximum absolute atomic E-state index is 14.4. The summed E-state index contributed by atoms with van der Waals surface area (Å²) in [7, 11) is 0. The largest absolute Gasteiger partial charge is 0.387 e. The molecule has 0 spiro atoms. The third-order valence-corrected chi connectivity index (χ3v) is 5.92. The number of nitrogens with one attached hydrogen (secondary N) is 2. The second kappa shape index (κ2) is 10.7. The number of benzene rings is 2. The van der Waals surface area contributed by atoms with E-state index >= 15 is 0 Å². The molecule has 0 aliphatic carbocycles. The van der Waals surface area contributed by atoms with Gasteiger partial charge in [0.05, 0.1) is 30.7 Å². The summed E-state index contributed by atoms with van der Waals surface area (Å²) in [6.45, 7) is 5.50. The van der Waals surface area contributed by atoms with Gasteiger partial charge in [-0.2, -0.15) is 0 Å². The number of hydrogen-bond acceptors (Lipinski definition) is 7. The molecule has 1 unspecified atom stereocenters. The Hall–Kier alpha value is -3.69. The minimum absolute atomic E-state index is 0.00653. The van der Waals surface area contributed by atoms with E-state index < -0.39 is 6.10 Å². The lowest BCUT2D eigenvalue weighted by Gasteiger charge is -2.27. The number of carbonyl (C=O) groups is 1. The van der Waals surface area contributed by atoms with Crippen molar-refractivity contribution in [2.45, 2.75) is 26.4 Å². The molecule has 8 nitrogen and oxygen atoms in total. The number of aromatic nitrogens is 2. The van der Waals surface area contributed by atoms with Gasteiger partial charge >= 0.3 is 0 Å². The van der Waals surface area contributed by atoms with Crippen molar-refractivity contribution >= 4 is 23.3 Å². The highest BCUT2D eigenvalue weighted by atomic mass is 19.1. The standard InChI is InChI=1S/C26H28FN5O3/c1-3-17-4-7-22(27)21(12-17)19-14-29-26(30-15-19)31-23-13-18(5-6-20(23)24(28)16(2)33)25(34)32-8-10-35-11-9-32/h4-7,12-16,28,33H,3,8-11H2,1-2H3,(H,29,30,31). The van der Waals surface area contributed by atoms with Gasteiger partial charge in [-0.05, 0) is 43.2 Å². The Kier molecular flexibility index (Phi) is 7.48.